The van der Waals surface area contributed by atoms with Gasteiger partial charge in [0.05, 0.1) is 11.7 Å². The molecule has 27 heavy (non-hydrogen) atoms. The van der Waals surface area contributed by atoms with Crippen molar-refractivity contribution in [3.63, 3.8) is 0 Å². The first-order valence-electron chi connectivity index (χ1n) is 9.67. The van der Waals surface area contributed by atoms with Crippen LogP contribution in [0.3, 0.4) is 0 Å². The first-order chi connectivity index (χ1) is 13.3. The van der Waals surface area contributed by atoms with Crippen LogP contribution in [0, 0.1) is 0 Å². The number of piperazine rings is 1. The maximum atomic E-state index is 13.0. The predicted octanol–water partition coefficient (Wildman–Crippen LogP) is 3.26. The zero-order chi connectivity index (χ0) is 18.5. The van der Waals surface area contributed by atoms with Crippen LogP contribution in [0.1, 0.15) is 28.1 Å². The van der Waals surface area contributed by atoms with Crippen LogP contribution in [-0.4, -0.2) is 61.2 Å². The molecule has 1 aromatic heterocycles. The topological polar surface area (TPSA) is 42.0 Å². The average molecular weight is 387 g/mol. The van der Waals surface area contributed by atoms with Gasteiger partial charge in [0.25, 0.3) is 5.91 Å². The summed E-state index contributed by atoms with van der Waals surface area (Å²) in [6.45, 7) is 5.61. The molecule has 0 radical (unpaired) electrons. The number of thiophene rings is 1. The summed E-state index contributed by atoms with van der Waals surface area (Å²) >= 11 is 1.79. The van der Waals surface area contributed by atoms with Crippen molar-refractivity contribution in [2.75, 3.05) is 39.4 Å². The Morgan fingerprint density at radius 2 is 2.00 bits per heavy atom. The summed E-state index contributed by atoms with van der Waals surface area (Å²) in [5.74, 6) is 0.729. The molecule has 1 atom stereocenters. The summed E-state index contributed by atoms with van der Waals surface area (Å²) in [6.07, 6.45) is 2.26. The van der Waals surface area contributed by atoms with Crippen molar-refractivity contribution in [1.82, 2.24) is 9.80 Å². The summed E-state index contributed by atoms with van der Waals surface area (Å²) in [5, 5.41) is 2.11. The fourth-order valence-electron chi connectivity index (χ4n) is 3.63. The Labute approximate surface area is 164 Å². The predicted molar refractivity (Wildman–Crippen MR) is 106 cm³/mol. The molecule has 2 fully saturated rings. The smallest absolute Gasteiger partial charge is 0.257 e. The van der Waals surface area contributed by atoms with E-state index in [-0.39, 0.29) is 12.0 Å². The first kappa shape index (κ1) is 18.5. The van der Waals surface area contributed by atoms with E-state index < -0.39 is 0 Å². The molecule has 2 saturated heterocycles. The highest BCUT2D eigenvalue weighted by molar-refractivity contribution is 7.09. The fraction of sp³-hybridized carbons (Fsp3) is 0.476. The van der Waals surface area contributed by atoms with Crippen molar-refractivity contribution in [2.24, 2.45) is 0 Å². The van der Waals surface area contributed by atoms with E-state index in [1.165, 1.54) is 4.88 Å². The van der Waals surface area contributed by atoms with Crippen LogP contribution in [0.25, 0.3) is 0 Å². The second-order valence-electron chi connectivity index (χ2n) is 7.09. The number of ether oxygens (including phenoxy) is 2. The molecule has 3 heterocycles. The lowest BCUT2D eigenvalue weighted by molar-refractivity contribution is 0.0594. The van der Waals surface area contributed by atoms with E-state index in [0.29, 0.717) is 17.9 Å². The van der Waals surface area contributed by atoms with E-state index >= 15 is 0 Å². The van der Waals surface area contributed by atoms with Crippen molar-refractivity contribution in [3.05, 3.63) is 52.2 Å². The molecule has 1 amide bonds. The summed E-state index contributed by atoms with van der Waals surface area (Å²) in [5.41, 5.74) is 0.655. The van der Waals surface area contributed by atoms with Gasteiger partial charge >= 0.3 is 0 Å². The molecule has 0 spiro atoms. The van der Waals surface area contributed by atoms with Gasteiger partial charge in [0.1, 0.15) is 12.4 Å². The number of nitrogens with zero attached hydrogens (tertiary/aromatic N) is 2. The molecule has 0 saturated carbocycles. The van der Waals surface area contributed by atoms with Crippen molar-refractivity contribution >= 4 is 17.2 Å². The summed E-state index contributed by atoms with van der Waals surface area (Å²) < 4.78 is 11.6. The van der Waals surface area contributed by atoms with Crippen LogP contribution >= 0.6 is 11.3 Å². The van der Waals surface area contributed by atoms with Crippen LogP contribution in [-0.2, 0) is 11.3 Å². The molecular weight excluding hydrogens is 360 g/mol. The molecule has 2 aliphatic heterocycles. The van der Waals surface area contributed by atoms with Gasteiger partial charge in [0.15, 0.2) is 0 Å². The normalized spacial score (nSPS) is 20.7. The van der Waals surface area contributed by atoms with Gasteiger partial charge in [-0.15, -0.1) is 11.3 Å². The zero-order valence-corrected chi connectivity index (χ0v) is 16.3. The Hall–Kier alpha value is -1.89. The quantitative estimate of drug-likeness (QED) is 0.764. The third-order valence-electron chi connectivity index (χ3n) is 5.19. The van der Waals surface area contributed by atoms with Crippen LogP contribution in [0.2, 0.25) is 0 Å². The Kier molecular flexibility index (Phi) is 6.07. The minimum atomic E-state index is 0.0636. The van der Waals surface area contributed by atoms with E-state index in [1.54, 1.807) is 11.3 Å². The summed E-state index contributed by atoms with van der Waals surface area (Å²) in [4.78, 5) is 18.8. The number of hydrogen-bond acceptors (Lipinski definition) is 5. The monoisotopic (exact) mass is 386 g/mol. The molecule has 2 aliphatic rings. The number of amides is 1. The molecule has 2 aromatic rings. The van der Waals surface area contributed by atoms with Crippen LogP contribution in [0.5, 0.6) is 5.75 Å². The van der Waals surface area contributed by atoms with Gasteiger partial charge in [-0.05, 0) is 36.4 Å². The minimum Gasteiger partial charge on any atom is -0.490 e. The molecule has 5 nitrogen and oxygen atoms in total. The van der Waals surface area contributed by atoms with Gasteiger partial charge in [0.2, 0.25) is 0 Å². The number of carbonyl (C=O) groups is 1. The second kappa shape index (κ2) is 8.87. The number of carbonyl (C=O) groups excluding carboxylic acids is 1. The standard InChI is InChI=1S/C21H26N2O3S/c24-21(23-11-9-22(10-12-23)15-18-6-4-14-27-18)19-7-1-2-8-20(19)26-16-17-5-3-13-25-17/h1-2,4,6-8,14,17H,3,5,9-13,15-16H2/t17-/m0/s1. The highest BCUT2D eigenvalue weighted by atomic mass is 32.1. The molecule has 0 aliphatic carbocycles. The first-order valence-corrected chi connectivity index (χ1v) is 10.5. The third-order valence-corrected chi connectivity index (χ3v) is 6.05. The lowest BCUT2D eigenvalue weighted by atomic mass is 10.1. The van der Waals surface area contributed by atoms with Crippen molar-refractivity contribution in [3.8, 4) is 5.75 Å². The Morgan fingerprint density at radius 3 is 2.74 bits per heavy atom. The molecule has 0 unspecified atom stereocenters. The Balaban J connectivity index is 1.34. The Bertz CT molecular complexity index is 736. The van der Waals surface area contributed by atoms with E-state index in [4.69, 9.17) is 9.47 Å². The van der Waals surface area contributed by atoms with Crippen molar-refractivity contribution in [2.45, 2.75) is 25.5 Å². The van der Waals surface area contributed by atoms with E-state index in [0.717, 1.165) is 52.2 Å². The van der Waals surface area contributed by atoms with E-state index in [1.807, 2.05) is 29.2 Å². The van der Waals surface area contributed by atoms with Crippen LogP contribution in [0.4, 0.5) is 0 Å². The maximum Gasteiger partial charge on any atom is 0.257 e. The zero-order valence-electron chi connectivity index (χ0n) is 15.5. The fourth-order valence-corrected chi connectivity index (χ4v) is 4.38. The molecule has 6 heteroatoms. The van der Waals surface area contributed by atoms with Crippen LogP contribution in [0.15, 0.2) is 41.8 Å². The average Bonchev–Trinajstić information content (AvgIpc) is 3.41. The molecule has 144 valence electrons. The summed E-state index contributed by atoms with van der Waals surface area (Å²) in [7, 11) is 0. The van der Waals surface area contributed by atoms with Crippen molar-refractivity contribution in [1.29, 1.82) is 0 Å². The van der Waals surface area contributed by atoms with Gasteiger partial charge in [-0.3, -0.25) is 9.69 Å². The maximum absolute atomic E-state index is 13.0. The van der Waals surface area contributed by atoms with Gasteiger partial charge in [-0.2, -0.15) is 0 Å². The van der Waals surface area contributed by atoms with Crippen LogP contribution < -0.4 is 4.74 Å². The van der Waals surface area contributed by atoms with Gasteiger partial charge in [0, 0.05) is 44.2 Å². The SMILES string of the molecule is O=C(c1ccccc1OC[C@@H]1CCCO1)N1CCN(Cc2cccs2)CC1. The highest BCUT2D eigenvalue weighted by Crippen LogP contribution is 2.23. The molecule has 0 N–H and O–H groups in total. The number of benzene rings is 1. The van der Waals surface area contributed by atoms with E-state index in [2.05, 4.69) is 22.4 Å². The Morgan fingerprint density at radius 1 is 1.15 bits per heavy atom. The highest BCUT2D eigenvalue weighted by Gasteiger charge is 2.25. The molecule has 0 bridgehead atoms. The largest absolute Gasteiger partial charge is 0.490 e. The van der Waals surface area contributed by atoms with Crippen molar-refractivity contribution < 1.29 is 14.3 Å². The number of para-hydroxylation sites is 1. The number of rotatable bonds is 6. The molecule has 4 rings (SSSR count). The molecular formula is C21H26N2O3S. The number of hydrogen-bond donors (Lipinski definition) is 0. The van der Waals surface area contributed by atoms with Gasteiger partial charge in [-0.25, -0.2) is 0 Å². The van der Waals surface area contributed by atoms with Gasteiger partial charge < -0.3 is 14.4 Å². The molecule has 1 aromatic carbocycles. The van der Waals surface area contributed by atoms with Gasteiger partial charge in [-0.1, -0.05) is 18.2 Å². The lowest BCUT2D eigenvalue weighted by Gasteiger charge is -2.34. The van der Waals surface area contributed by atoms with E-state index in [9.17, 15) is 4.79 Å². The lowest BCUT2D eigenvalue weighted by Crippen LogP contribution is -2.48. The third kappa shape index (κ3) is 4.69. The minimum absolute atomic E-state index is 0.0636. The second-order valence-corrected chi connectivity index (χ2v) is 8.12. The summed E-state index contributed by atoms with van der Waals surface area (Å²) in [6, 6.07) is 11.8.